The minimum atomic E-state index is -0.414. The number of nitrogens with two attached hydrogens (primary N) is 1. The lowest BCUT2D eigenvalue weighted by Gasteiger charge is -2.38. The van der Waals surface area contributed by atoms with Crippen LogP contribution < -0.4 is 11.1 Å². The van der Waals surface area contributed by atoms with Gasteiger partial charge in [-0.3, -0.25) is 10.1 Å². The lowest BCUT2D eigenvalue weighted by molar-refractivity contribution is -0.129. The number of nitrogens with one attached hydrogen (secondary N) is 1. The summed E-state index contributed by atoms with van der Waals surface area (Å²) in [6.07, 6.45) is 2.72. The van der Waals surface area contributed by atoms with Crippen molar-refractivity contribution in [2.45, 2.75) is 26.2 Å². The fourth-order valence-electron chi connectivity index (χ4n) is 1.70. The summed E-state index contributed by atoms with van der Waals surface area (Å²) in [6, 6.07) is 0.150. The Balaban J connectivity index is 2.03. The number of carbonyl (C=O) groups excluding carboxylic acids is 1. The molecule has 0 spiro atoms. The van der Waals surface area contributed by atoms with Gasteiger partial charge in [0.1, 0.15) is 0 Å². The van der Waals surface area contributed by atoms with Gasteiger partial charge < -0.3 is 10.2 Å². The molecule has 3 N–H and O–H groups in total. The van der Waals surface area contributed by atoms with Crippen LogP contribution in [0, 0.1) is 12.3 Å². The minimum absolute atomic E-state index is 0.111. The molecule has 1 amide bonds. The van der Waals surface area contributed by atoms with Gasteiger partial charge in [0.25, 0.3) is 0 Å². The van der Waals surface area contributed by atoms with Crippen molar-refractivity contribution in [1.82, 2.24) is 10.2 Å². The molecule has 1 aromatic rings. The van der Waals surface area contributed by atoms with Crippen LogP contribution in [0.4, 0.5) is 6.01 Å². The number of anilines is 1. The third-order valence-corrected chi connectivity index (χ3v) is 2.93. The maximum Gasteiger partial charge on any atom is 0.322 e. The second-order valence-electron chi connectivity index (χ2n) is 3.92. The maximum atomic E-state index is 11.8. The molecule has 6 nitrogen and oxygen atoms in total. The van der Waals surface area contributed by atoms with Crippen LogP contribution in [0.25, 0.3) is 0 Å². The minimum Gasteiger partial charge on any atom is -0.408 e. The number of rotatable bonds is 3. The Morgan fingerprint density at radius 3 is 2.73 bits per heavy atom. The van der Waals surface area contributed by atoms with Gasteiger partial charge in [-0.15, -0.1) is 5.10 Å². The van der Waals surface area contributed by atoms with Gasteiger partial charge in [-0.2, -0.15) is 0 Å². The first kappa shape index (κ1) is 10.1. The zero-order valence-corrected chi connectivity index (χ0v) is 8.62. The normalized spacial score (nSPS) is 18.3. The molecule has 82 valence electrons. The van der Waals surface area contributed by atoms with Gasteiger partial charge in [0, 0.05) is 13.5 Å². The molecular formula is C9H14N4O2. The van der Waals surface area contributed by atoms with Crippen molar-refractivity contribution >= 4 is 11.9 Å². The van der Waals surface area contributed by atoms with E-state index >= 15 is 0 Å². The molecular weight excluding hydrogens is 196 g/mol. The number of nitrogens with zero attached hydrogens (tertiary/aromatic N) is 2. The van der Waals surface area contributed by atoms with Gasteiger partial charge in [-0.1, -0.05) is 11.5 Å². The number of hydrogen-bond donors (Lipinski definition) is 2. The van der Waals surface area contributed by atoms with E-state index in [2.05, 4.69) is 15.5 Å². The van der Waals surface area contributed by atoms with Crippen LogP contribution in [0.5, 0.6) is 0 Å². The van der Waals surface area contributed by atoms with Crippen LogP contribution in [0.15, 0.2) is 4.42 Å². The van der Waals surface area contributed by atoms with Crippen LogP contribution in [0.2, 0.25) is 0 Å². The van der Waals surface area contributed by atoms with E-state index in [-0.39, 0.29) is 11.9 Å². The molecule has 0 saturated heterocycles. The Bertz CT molecular complexity index is 364. The Kier molecular flexibility index (Phi) is 2.44. The van der Waals surface area contributed by atoms with Crippen molar-refractivity contribution in [3.63, 3.8) is 0 Å². The average Bonchev–Trinajstić information content (AvgIpc) is 2.50. The van der Waals surface area contributed by atoms with E-state index in [0.29, 0.717) is 12.4 Å². The molecule has 0 unspecified atom stereocenters. The summed E-state index contributed by atoms with van der Waals surface area (Å²) in [5, 5.41) is 9.93. The molecule has 15 heavy (non-hydrogen) atoms. The van der Waals surface area contributed by atoms with E-state index in [1.54, 1.807) is 6.92 Å². The molecule has 1 saturated carbocycles. The lowest BCUT2D eigenvalue weighted by atomic mass is 9.68. The van der Waals surface area contributed by atoms with Gasteiger partial charge in [0.05, 0.1) is 5.41 Å². The van der Waals surface area contributed by atoms with E-state index < -0.39 is 5.41 Å². The van der Waals surface area contributed by atoms with Gasteiger partial charge in [-0.25, -0.2) is 0 Å². The van der Waals surface area contributed by atoms with E-state index in [1.807, 2.05) is 0 Å². The first-order valence-corrected chi connectivity index (χ1v) is 4.98. The number of hydrogen-bond acceptors (Lipinski definition) is 5. The number of amides is 1. The van der Waals surface area contributed by atoms with Crippen molar-refractivity contribution in [2.24, 2.45) is 11.1 Å². The Labute approximate surface area is 87.2 Å². The Morgan fingerprint density at radius 1 is 1.60 bits per heavy atom. The Morgan fingerprint density at radius 2 is 2.33 bits per heavy atom. The molecule has 1 aliphatic carbocycles. The van der Waals surface area contributed by atoms with Gasteiger partial charge >= 0.3 is 6.01 Å². The van der Waals surface area contributed by atoms with E-state index in [0.717, 1.165) is 19.3 Å². The summed E-state index contributed by atoms with van der Waals surface area (Å²) in [4.78, 5) is 11.8. The van der Waals surface area contributed by atoms with Crippen molar-refractivity contribution in [2.75, 3.05) is 11.9 Å². The molecule has 0 radical (unpaired) electrons. The quantitative estimate of drug-likeness (QED) is 0.755. The van der Waals surface area contributed by atoms with Crippen LogP contribution in [-0.2, 0) is 4.79 Å². The zero-order valence-electron chi connectivity index (χ0n) is 8.62. The van der Waals surface area contributed by atoms with Crippen molar-refractivity contribution in [3.05, 3.63) is 5.89 Å². The van der Waals surface area contributed by atoms with E-state index in [9.17, 15) is 4.79 Å². The molecule has 2 rings (SSSR count). The first-order chi connectivity index (χ1) is 7.16. The number of carbonyl (C=O) groups is 1. The van der Waals surface area contributed by atoms with Crippen molar-refractivity contribution < 1.29 is 9.21 Å². The molecule has 0 aliphatic heterocycles. The van der Waals surface area contributed by atoms with Crippen molar-refractivity contribution in [3.8, 4) is 0 Å². The van der Waals surface area contributed by atoms with Crippen LogP contribution >= 0.6 is 0 Å². The standard InChI is InChI=1S/C9H14N4O2/c1-6-12-13-8(15-6)11-7(14)9(5-10)3-2-4-9/h2-5,10H2,1H3,(H,11,13,14). The summed E-state index contributed by atoms with van der Waals surface area (Å²) in [5.41, 5.74) is 5.19. The second kappa shape index (κ2) is 3.62. The van der Waals surface area contributed by atoms with E-state index in [4.69, 9.17) is 10.2 Å². The zero-order chi connectivity index (χ0) is 10.9. The fraction of sp³-hybridized carbons (Fsp3) is 0.667. The highest BCUT2D eigenvalue weighted by Crippen LogP contribution is 2.40. The molecule has 1 aliphatic rings. The van der Waals surface area contributed by atoms with Gasteiger partial charge in [0.15, 0.2) is 0 Å². The second-order valence-corrected chi connectivity index (χ2v) is 3.92. The first-order valence-electron chi connectivity index (χ1n) is 4.98. The fourth-order valence-corrected chi connectivity index (χ4v) is 1.70. The predicted molar refractivity (Wildman–Crippen MR) is 53.0 cm³/mol. The van der Waals surface area contributed by atoms with Crippen LogP contribution in [0.3, 0.4) is 0 Å². The SMILES string of the molecule is Cc1nnc(NC(=O)C2(CN)CCC2)o1. The summed E-state index contributed by atoms with van der Waals surface area (Å²) in [7, 11) is 0. The van der Waals surface area contributed by atoms with Gasteiger partial charge in [0.2, 0.25) is 11.8 Å². The third kappa shape index (κ3) is 1.72. The molecule has 0 atom stereocenters. The Hall–Kier alpha value is -1.43. The number of aromatic nitrogens is 2. The summed E-state index contributed by atoms with van der Waals surface area (Å²) < 4.78 is 5.07. The van der Waals surface area contributed by atoms with Crippen LogP contribution in [0.1, 0.15) is 25.2 Å². The monoisotopic (exact) mass is 210 g/mol. The molecule has 0 bridgehead atoms. The van der Waals surface area contributed by atoms with E-state index in [1.165, 1.54) is 0 Å². The number of aryl methyl sites for hydroxylation is 1. The van der Waals surface area contributed by atoms with Crippen LogP contribution in [-0.4, -0.2) is 22.6 Å². The molecule has 1 heterocycles. The third-order valence-electron chi connectivity index (χ3n) is 2.93. The molecule has 0 aromatic carbocycles. The van der Waals surface area contributed by atoms with Crippen molar-refractivity contribution in [1.29, 1.82) is 0 Å². The summed E-state index contributed by atoms with van der Waals surface area (Å²) in [6.45, 7) is 2.04. The molecule has 1 fully saturated rings. The van der Waals surface area contributed by atoms with Gasteiger partial charge in [-0.05, 0) is 12.8 Å². The topological polar surface area (TPSA) is 94.0 Å². The summed E-state index contributed by atoms with van der Waals surface area (Å²) in [5.74, 6) is 0.320. The molecule has 1 aromatic heterocycles. The maximum absolute atomic E-state index is 11.8. The highest BCUT2D eigenvalue weighted by atomic mass is 16.4. The predicted octanol–water partition coefficient (Wildman–Crippen LogP) is 0.446. The molecule has 6 heteroatoms. The largest absolute Gasteiger partial charge is 0.408 e. The lowest BCUT2D eigenvalue weighted by Crippen LogP contribution is -2.47. The smallest absolute Gasteiger partial charge is 0.322 e. The highest BCUT2D eigenvalue weighted by Gasteiger charge is 2.43. The average molecular weight is 210 g/mol. The summed E-state index contributed by atoms with van der Waals surface area (Å²) >= 11 is 0. The highest BCUT2D eigenvalue weighted by molar-refractivity contribution is 5.94.